The van der Waals surface area contributed by atoms with Gasteiger partial charge in [0.15, 0.2) is 5.96 Å². The molecule has 0 atom stereocenters. The van der Waals surface area contributed by atoms with Gasteiger partial charge in [-0.3, -0.25) is 4.99 Å². The fourth-order valence-corrected chi connectivity index (χ4v) is 2.25. The average molecular weight is 251 g/mol. The van der Waals surface area contributed by atoms with Gasteiger partial charge in [0.05, 0.1) is 6.54 Å². The second-order valence-electron chi connectivity index (χ2n) is 4.66. The number of para-hydroxylation sites is 1. The largest absolute Gasteiger partial charge is 0.344 e. The Bertz CT molecular complexity index is 590. The van der Waals surface area contributed by atoms with Crippen LogP contribution in [0.2, 0.25) is 0 Å². The molecule has 0 saturated heterocycles. The van der Waals surface area contributed by atoms with Gasteiger partial charge >= 0.3 is 0 Å². The lowest BCUT2D eigenvalue weighted by atomic mass is 10.0. The van der Waals surface area contributed by atoms with E-state index in [2.05, 4.69) is 64.7 Å². The number of rotatable bonds is 2. The van der Waals surface area contributed by atoms with E-state index in [9.17, 15) is 0 Å². The molecule has 0 unspecified atom stereocenters. The fourth-order valence-electron chi connectivity index (χ4n) is 2.25. The highest BCUT2D eigenvalue weighted by molar-refractivity contribution is 5.98. The monoisotopic (exact) mass is 251 g/mol. The first kappa shape index (κ1) is 11.8. The molecule has 96 valence electrons. The minimum Gasteiger partial charge on any atom is -0.344 e. The maximum absolute atomic E-state index is 4.48. The predicted molar refractivity (Wildman–Crippen MR) is 80.4 cm³/mol. The molecule has 2 aromatic rings. The Hall–Kier alpha value is -2.29. The third-order valence-electron chi connectivity index (χ3n) is 3.32. The molecule has 1 aliphatic heterocycles. The van der Waals surface area contributed by atoms with Crippen molar-refractivity contribution in [1.29, 1.82) is 0 Å². The zero-order chi connectivity index (χ0) is 13.1. The molecule has 0 radical (unpaired) electrons. The molecule has 0 spiro atoms. The van der Waals surface area contributed by atoms with E-state index in [1.54, 1.807) is 0 Å². The van der Waals surface area contributed by atoms with Gasteiger partial charge in [0.1, 0.15) is 0 Å². The van der Waals surface area contributed by atoms with Crippen LogP contribution in [0.1, 0.15) is 0 Å². The number of benzene rings is 2. The molecule has 3 rings (SSSR count). The summed E-state index contributed by atoms with van der Waals surface area (Å²) in [6, 6.07) is 18.7. The van der Waals surface area contributed by atoms with Crippen LogP contribution in [-0.2, 0) is 0 Å². The van der Waals surface area contributed by atoms with Crippen molar-refractivity contribution in [2.75, 3.05) is 25.5 Å². The summed E-state index contributed by atoms with van der Waals surface area (Å²) >= 11 is 0. The first-order valence-electron chi connectivity index (χ1n) is 6.51. The summed E-state index contributed by atoms with van der Waals surface area (Å²) in [5.41, 5.74) is 3.51. The Morgan fingerprint density at radius 3 is 2.47 bits per heavy atom. The number of nitrogens with zero attached hydrogens (tertiary/aromatic N) is 2. The molecule has 0 saturated carbocycles. The predicted octanol–water partition coefficient (Wildman–Crippen LogP) is 3.07. The Balaban J connectivity index is 1.94. The summed E-state index contributed by atoms with van der Waals surface area (Å²) in [6.07, 6.45) is 0. The number of guanidine groups is 1. The molecule has 0 amide bonds. The van der Waals surface area contributed by atoms with E-state index in [-0.39, 0.29) is 0 Å². The van der Waals surface area contributed by atoms with Crippen molar-refractivity contribution in [3.8, 4) is 11.1 Å². The van der Waals surface area contributed by atoms with E-state index in [1.165, 1.54) is 11.1 Å². The van der Waals surface area contributed by atoms with Gasteiger partial charge < -0.3 is 10.2 Å². The van der Waals surface area contributed by atoms with Crippen molar-refractivity contribution in [1.82, 2.24) is 4.90 Å². The molecule has 19 heavy (non-hydrogen) atoms. The quantitative estimate of drug-likeness (QED) is 0.888. The van der Waals surface area contributed by atoms with E-state index < -0.39 is 0 Å². The van der Waals surface area contributed by atoms with Crippen LogP contribution in [0.5, 0.6) is 0 Å². The lowest BCUT2D eigenvalue weighted by Crippen LogP contribution is -2.29. The summed E-state index contributed by atoms with van der Waals surface area (Å²) in [7, 11) is 2.06. The summed E-state index contributed by atoms with van der Waals surface area (Å²) in [4.78, 5) is 6.62. The lowest BCUT2D eigenvalue weighted by Gasteiger charge is -2.17. The van der Waals surface area contributed by atoms with Crippen molar-refractivity contribution in [3.05, 3.63) is 54.6 Å². The highest BCUT2D eigenvalue weighted by Crippen LogP contribution is 2.27. The maximum Gasteiger partial charge on any atom is 0.198 e. The van der Waals surface area contributed by atoms with E-state index in [0.717, 1.165) is 24.7 Å². The summed E-state index contributed by atoms with van der Waals surface area (Å²) in [5.74, 6) is 0.948. The zero-order valence-electron chi connectivity index (χ0n) is 11.0. The fraction of sp³-hybridized carbons (Fsp3) is 0.188. The van der Waals surface area contributed by atoms with Crippen LogP contribution in [-0.4, -0.2) is 31.0 Å². The normalized spacial score (nSPS) is 14.4. The van der Waals surface area contributed by atoms with Crippen LogP contribution < -0.4 is 5.32 Å². The summed E-state index contributed by atoms with van der Waals surface area (Å²) in [5, 5.41) is 3.43. The van der Waals surface area contributed by atoms with Crippen molar-refractivity contribution in [2.45, 2.75) is 0 Å². The Kier molecular flexibility index (Phi) is 3.19. The molecule has 3 nitrogen and oxygen atoms in total. The summed E-state index contributed by atoms with van der Waals surface area (Å²) < 4.78 is 0. The first-order chi connectivity index (χ1) is 9.34. The molecule has 1 aliphatic rings. The van der Waals surface area contributed by atoms with Crippen molar-refractivity contribution >= 4 is 11.6 Å². The molecule has 2 aromatic carbocycles. The number of hydrogen-bond acceptors (Lipinski definition) is 3. The second kappa shape index (κ2) is 5.14. The average Bonchev–Trinajstić information content (AvgIpc) is 2.86. The van der Waals surface area contributed by atoms with Gasteiger partial charge in [0.2, 0.25) is 0 Å². The van der Waals surface area contributed by atoms with Crippen molar-refractivity contribution < 1.29 is 0 Å². The highest BCUT2D eigenvalue weighted by atomic mass is 15.3. The Labute approximate surface area is 113 Å². The van der Waals surface area contributed by atoms with Gasteiger partial charge in [-0.05, 0) is 11.6 Å². The van der Waals surface area contributed by atoms with E-state index >= 15 is 0 Å². The standard InChI is InChI=1S/C16H17N3/c1-19-12-11-17-16(19)18-15-10-6-5-9-14(15)13-7-3-2-4-8-13/h2-10H,11-12H2,1H3,(H,17,18). The Morgan fingerprint density at radius 2 is 1.74 bits per heavy atom. The first-order valence-corrected chi connectivity index (χ1v) is 6.51. The highest BCUT2D eigenvalue weighted by Gasteiger charge is 2.13. The molecular weight excluding hydrogens is 234 g/mol. The van der Waals surface area contributed by atoms with Gasteiger partial charge in [-0.25, -0.2) is 0 Å². The van der Waals surface area contributed by atoms with Crippen molar-refractivity contribution in [2.24, 2.45) is 4.99 Å². The van der Waals surface area contributed by atoms with E-state index in [0.29, 0.717) is 0 Å². The maximum atomic E-state index is 4.48. The zero-order valence-corrected chi connectivity index (χ0v) is 11.0. The topological polar surface area (TPSA) is 27.6 Å². The molecule has 0 fully saturated rings. The number of likely N-dealkylation sites (N-methyl/N-ethyl adjacent to an activating group) is 1. The van der Waals surface area contributed by atoms with Gasteiger partial charge in [0.25, 0.3) is 0 Å². The number of nitrogens with one attached hydrogen (secondary N) is 1. The lowest BCUT2D eigenvalue weighted by molar-refractivity contribution is 0.555. The van der Waals surface area contributed by atoms with Gasteiger partial charge in [-0.1, -0.05) is 48.5 Å². The summed E-state index contributed by atoms with van der Waals surface area (Å²) in [6.45, 7) is 1.85. The van der Waals surface area contributed by atoms with Crippen molar-refractivity contribution in [3.63, 3.8) is 0 Å². The molecule has 3 heteroatoms. The van der Waals surface area contributed by atoms with Crippen LogP contribution >= 0.6 is 0 Å². The van der Waals surface area contributed by atoms with Crippen LogP contribution in [0.4, 0.5) is 5.69 Å². The van der Waals surface area contributed by atoms with E-state index in [4.69, 9.17) is 0 Å². The number of anilines is 1. The van der Waals surface area contributed by atoms with E-state index in [1.807, 2.05) is 12.1 Å². The molecule has 0 aliphatic carbocycles. The molecule has 0 aromatic heterocycles. The van der Waals surface area contributed by atoms with Crippen LogP contribution in [0.15, 0.2) is 59.6 Å². The third-order valence-corrected chi connectivity index (χ3v) is 3.32. The molecule has 1 heterocycles. The van der Waals surface area contributed by atoms with Gasteiger partial charge in [0, 0.05) is 24.8 Å². The minimum absolute atomic E-state index is 0.867. The smallest absolute Gasteiger partial charge is 0.198 e. The number of aliphatic imine (C=N–C) groups is 1. The van der Waals surface area contributed by atoms with Crippen LogP contribution in [0.3, 0.4) is 0 Å². The number of hydrogen-bond donors (Lipinski definition) is 1. The molecular formula is C16H17N3. The van der Waals surface area contributed by atoms with Gasteiger partial charge in [-0.2, -0.15) is 0 Å². The minimum atomic E-state index is 0.867. The van der Waals surface area contributed by atoms with Gasteiger partial charge in [-0.15, -0.1) is 0 Å². The van der Waals surface area contributed by atoms with Crippen LogP contribution in [0, 0.1) is 0 Å². The third kappa shape index (κ3) is 2.45. The second-order valence-corrected chi connectivity index (χ2v) is 4.66. The SMILES string of the molecule is CN1CCN=C1Nc1ccccc1-c1ccccc1. The molecule has 0 bridgehead atoms. The Morgan fingerprint density at radius 1 is 1.00 bits per heavy atom. The van der Waals surface area contributed by atoms with Crippen LogP contribution in [0.25, 0.3) is 11.1 Å². The molecule has 1 N–H and O–H groups in total.